The zero-order valence-electron chi connectivity index (χ0n) is 19.3. The first-order chi connectivity index (χ1) is 16.5. The maximum Gasteiger partial charge on any atom is 0.327 e. The van der Waals surface area contributed by atoms with Crippen LogP contribution in [0.25, 0.3) is 0 Å². The fourth-order valence-corrected chi connectivity index (χ4v) is 5.88. The number of amides is 2. The van der Waals surface area contributed by atoms with Gasteiger partial charge in [0.1, 0.15) is 0 Å². The summed E-state index contributed by atoms with van der Waals surface area (Å²) in [4.78, 5) is 41.0. The van der Waals surface area contributed by atoms with E-state index < -0.39 is 47.3 Å². The van der Waals surface area contributed by atoms with Crippen LogP contribution >= 0.6 is 27.5 Å². The number of carboxylic acid groups (broad SMARTS) is 1. The smallest absolute Gasteiger partial charge is 0.327 e. The highest BCUT2D eigenvalue weighted by Crippen LogP contribution is 2.52. The van der Waals surface area contributed by atoms with E-state index in [4.69, 9.17) is 21.1 Å². The maximum atomic E-state index is 13.8. The molecule has 2 aromatic rings. The first-order valence-corrected chi connectivity index (χ1v) is 11.9. The third kappa shape index (κ3) is 3.70. The number of aliphatic carboxylic acids is 1. The third-order valence-corrected chi connectivity index (χ3v) is 7.83. The predicted octanol–water partition coefficient (Wildman–Crippen LogP) is 3.08. The lowest BCUT2D eigenvalue weighted by Gasteiger charge is -2.33. The van der Waals surface area contributed by atoms with Gasteiger partial charge in [0, 0.05) is 11.1 Å². The Kier molecular flexibility index (Phi) is 6.60. The van der Waals surface area contributed by atoms with Gasteiger partial charge in [-0.2, -0.15) is 0 Å². The number of hydrogen-bond acceptors (Lipinski definition) is 7. The molecule has 0 radical (unpaired) electrons. The molecule has 0 bridgehead atoms. The minimum atomic E-state index is -2.11. The molecule has 2 aliphatic rings. The number of aliphatic hydroxyl groups excluding tert-OH is 1. The number of hydrogen-bond donors (Lipinski definition) is 3. The van der Waals surface area contributed by atoms with Crippen molar-refractivity contribution in [3.8, 4) is 11.5 Å². The summed E-state index contributed by atoms with van der Waals surface area (Å²) in [5.74, 6) is -4.48. The van der Waals surface area contributed by atoms with E-state index in [0.717, 1.165) is 10.5 Å². The predicted molar refractivity (Wildman–Crippen MR) is 131 cm³/mol. The van der Waals surface area contributed by atoms with E-state index in [2.05, 4.69) is 21.2 Å². The Morgan fingerprint density at radius 2 is 1.89 bits per heavy atom. The molecule has 3 N–H and O–H groups in total. The van der Waals surface area contributed by atoms with Crippen LogP contribution < -0.4 is 19.7 Å². The van der Waals surface area contributed by atoms with Crippen LogP contribution in [-0.2, 0) is 14.4 Å². The quantitative estimate of drug-likeness (QED) is 0.455. The molecule has 0 spiro atoms. The molecular formula is C24H24BrClN2O7. The van der Waals surface area contributed by atoms with Crippen molar-refractivity contribution in [1.82, 2.24) is 5.32 Å². The van der Waals surface area contributed by atoms with Gasteiger partial charge in [-0.25, -0.2) is 4.90 Å². The van der Waals surface area contributed by atoms with Gasteiger partial charge in [0.25, 0.3) is 0 Å². The number of benzene rings is 2. The lowest BCUT2D eigenvalue weighted by molar-refractivity contribution is -0.154. The van der Waals surface area contributed by atoms with E-state index in [0.29, 0.717) is 26.6 Å². The number of carbonyl (C=O) groups is 3. The standard InChI is InChI=1S/C24H24BrClN2O7/c1-10-5-6-13(9-15(10)26)28-21(30)17-18(22(28)31)24(11(2)29,23(32)33)27-19(17)12-7-14(25)20(35-4)16(8-12)34-3/h5-9,11,17-19,27,29H,1-4H3,(H,32,33). The number of carbonyl (C=O) groups excluding carboxylic acids is 2. The number of rotatable bonds is 6. The van der Waals surface area contributed by atoms with Crippen LogP contribution in [0.2, 0.25) is 5.02 Å². The van der Waals surface area contributed by atoms with Crippen molar-refractivity contribution in [3.05, 3.63) is 51.0 Å². The molecule has 5 unspecified atom stereocenters. The lowest BCUT2D eigenvalue weighted by atomic mass is 9.76. The summed E-state index contributed by atoms with van der Waals surface area (Å²) in [5, 5.41) is 24.2. The number of methoxy groups -OCH3 is 2. The number of halogens is 2. The van der Waals surface area contributed by atoms with Crippen LogP contribution in [0.1, 0.15) is 24.1 Å². The Morgan fingerprint density at radius 1 is 1.20 bits per heavy atom. The molecule has 2 saturated heterocycles. The molecule has 35 heavy (non-hydrogen) atoms. The normalized spacial score (nSPS) is 26.6. The van der Waals surface area contributed by atoms with Crippen LogP contribution in [0.15, 0.2) is 34.8 Å². The number of imide groups is 1. The second kappa shape index (κ2) is 9.09. The summed E-state index contributed by atoms with van der Waals surface area (Å²) in [6, 6.07) is 7.10. The number of nitrogens with one attached hydrogen (secondary N) is 1. The molecule has 0 aromatic heterocycles. The van der Waals surface area contributed by atoms with Gasteiger partial charge in [-0.15, -0.1) is 0 Å². The maximum absolute atomic E-state index is 13.8. The second-order valence-corrected chi connectivity index (χ2v) is 9.92. The Hall–Kier alpha value is -2.66. The molecular weight excluding hydrogens is 544 g/mol. The van der Waals surface area contributed by atoms with Crippen molar-refractivity contribution < 1.29 is 34.1 Å². The van der Waals surface area contributed by atoms with Crippen LogP contribution in [0.5, 0.6) is 11.5 Å². The molecule has 0 aliphatic carbocycles. The molecule has 2 fully saturated rings. The first kappa shape index (κ1) is 25.4. The largest absolute Gasteiger partial charge is 0.493 e. The highest BCUT2D eigenvalue weighted by Gasteiger charge is 2.70. The van der Waals surface area contributed by atoms with Gasteiger partial charge in [0.15, 0.2) is 17.0 Å². The van der Waals surface area contributed by atoms with E-state index in [1.54, 1.807) is 31.2 Å². The molecule has 2 aromatic carbocycles. The van der Waals surface area contributed by atoms with Crippen LogP contribution in [0.3, 0.4) is 0 Å². The molecule has 2 heterocycles. The highest BCUT2D eigenvalue weighted by molar-refractivity contribution is 9.10. The van der Waals surface area contributed by atoms with E-state index in [1.165, 1.54) is 27.2 Å². The van der Waals surface area contributed by atoms with Crippen molar-refractivity contribution in [3.63, 3.8) is 0 Å². The van der Waals surface area contributed by atoms with Gasteiger partial charge in [-0.1, -0.05) is 17.7 Å². The number of aryl methyl sites for hydroxylation is 1. The average molecular weight is 568 g/mol. The van der Waals surface area contributed by atoms with Crippen molar-refractivity contribution in [2.75, 3.05) is 19.1 Å². The number of aliphatic hydroxyl groups is 1. The highest BCUT2D eigenvalue weighted by atomic mass is 79.9. The minimum Gasteiger partial charge on any atom is -0.493 e. The van der Waals surface area contributed by atoms with Crippen LogP contribution in [-0.4, -0.2) is 53.9 Å². The monoisotopic (exact) mass is 566 g/mol. The van der Waals surface area contributed by atoms with Crippen molar-refractivity contribution in [1.29, 1.82) is 0 Å². The third-order valence-electron chi connectivity index (χ3n) is 6.84. The zero-order chi connectivity index (χ0) is 25.8. The van der Waals surface area contributed by atoms with Gasteiger partial charge >= 0.3 is 5.97 Å². The number of ether oxygens (including phenoxy) is 2. The minimum absolute atomic E-state index is 0.238. The Labute approximate surface area is 215 Å². The summed E-state index contributed by atoms with van der Waals surface area (Å²) in [7, 11) is 2.92. The fraction of sp³-hybridized carbons (Fsp3) is 0.375. The molecule has 4 rings (SSSR count). The average Bonchev–Trinajstić information content (AvgIpc) is 3.30. The van der Waals surface area contributed by atoms with E-state index in [-0.39, 0.29) is 5.69 Å². The van der Waals surface area contributed by atoms with Gasteiger partial charge in [-0.05, 0) is 65.2 Å². The van der Waals surface area contributed by atoms with Gasteiger partial charge in [0.05, 0.1) is 42.3 Å². The molecule has 5 atom stereocenters. The summed E-state index contributed by atoms with van der Waals surface area (Å²) in [5.41, 5.74) is -0.626. The van der Waals surface area contributed by atoms with Gasteiger partial charge in [-0.3, -0.25) is 19.7 Å². The molecule has 186 valence electrons. The molecule has 2 aliphatic heterocycles. The molecule has 2 amide bonds. The van der Waals surface area contributed by atoms with E-state index in [1.807, 2.05) is 0 Å². The molecule has 11 heteroatoms. The van der Waals surface area contributed by atoms with Crippen molar-refractivity contribution in [2.45, 2.75) is 31.5 Å². The first-order valence-electron chi connectivity index (χ1n) is 10.7. The summed E-state index contributed by atoms with van der Waals surface area (Å²) < 4.78 is 11.3. The summed E-state index contributed by atoms with van der Waals surface area (Å²) in [6.07, 6.45) is -1.50. The zero-order valence-corrected chi connectivity index (χ0v) is 21.7. The summed E-state index contributed by atoms with van der Waals surface area (Å²) in [6.45, 7) is 3.07. The Morgan fingerprint density at radius 3 is 2.43 bits per heavy atom. The topological polar surface area (TPSA) is 125 Å². The van der Waals surface area contributed by atoms with Crippen LogP contribution in [0.4, 0.5) is 5.69 Å². The van der Waals surface area contributed by atoms with Gasteiger partial charge in [0.2, 0.25) is 11.8 Å². The fourth-order valence-electron chi connectivity index (χ4n) is 5.08. The number of fused-ring (bicyclic) bond motifs is 1. The van der Waals surface area contributed by atoms with Crippen LogP contribution in [0, 0.1) is 18.8 Å². The van der Waals surface area contributed by atoms with Crippen molar-refractivity contribution >= 4 is 51.0 Å². The van der Waals surface area contributed by atoms with E-state index in [9.17, 15) is 24.6 Å². The van der Waals surface area contributed by atoms with Crippen molar-refractivity contribution in [2.24, 2.45) is 11.8 Å². The van der Waals surface area contributed by atoms with E-state index >= 15 is 0 Å². The Bertz CT molecular complexity index is 1240. The lowest BCUT2D eigenvalue weighted by Crippen LogP contribution is -2.62. The number of anilines is 1. The number of carboxylic acids is 1. The van der Waals surface area contributed by atoms with Gasteiger partial charge < -0.3 is 19.7 Å². The SMILES string of the molecule is COc1cc(C2NC(C(=O)O)(C(C)O)C3C(=O)N(c4ccc(C)c(Cl)c4)C(=O)C23)cc(Br)c1OC. The number of nitrogens with zero attached hydrogens (tertiary/aromatic N) is 1. The molecule has 9 nitrogen and oxygen atoms in total. The Balaban J connectivity index is 1.91. The second-order valence-electron chi connectivity index (χ2n) is 8.66. The molecule has 0 saturated carbocycles. The summed E-state index contributed by atoms with van der Waals surface area (Å²) >= 11 is 9.66.